The molecule has 1 heteroatoms. The lowest BCUT2D eigenvalue weighted by Gasteiger charge is -2.11. The smallest absolute Gasteiger partial charge is 0.150 e. The first kappa shape index (κ1) is 13.5. The van der Waals surface area contributed by atoms with Gasteiger partial charge in [0.25, 0.3) is 0 Å². The summed E-state index contributed by atoms with van der Waals surface area (Å²) in [7, 11) is 0. The summed E-state index contributed by atoms with van der Waals surface area (Å²) < 4.78 is 0. The van der Waals surface area contributed by atoms with Crippen molar-refractivity contribution in [3.8, 4) is 11.1 Å². The first-order chi connectivity index (χ1) is 9.15. The van der Waals surface area contributed by atoms with Crippen LogP contribution in [-0.2, 0) is 0 Å². The number of aldehydes is 1. The van der Waals surface area contributed by atoms with Gasteiger partial charge in [0.15, 0.2) is 0 Å². The summed E-state index contributed by atoms with van der Waals surface area (Å²) in [5.74, 6) is 0.594. The van der Waals surface area contributed by atoms with Crippen LogP contribution in [0.5, 0.6) is 0 Å². The minimum atomic E-state index is 0.594. The maximum absolute atomic E-state index is 10.9. The van der Waals surface area contributed by atoms with E-state index in [0.717, 1.165) is 23.8 Å². The van der Waals surface area contributed by atoms with E-state index in [0.29, 0.717) is 5.92 Å². The van der Waals surface area contributed by atoms with Crippen LogP contribution in [0.1, 0.15) is 47.7 Å². The Hall–Kier alpha value is -1.89. The lowest BCUT2D eigenvalue weighted by molar-refractivity contribution is 0.112. The molecule has 0 fully saturated rings. The molecule has 0 spiro atoms. The molecular weight excluding hydrogens is 232 g/mol. The van der Waals surface area contributed by atoms with Crippen molar-refractivity contribution in [1.29, 1.82) is 0 Å². The third-order valence-corrected chi connectivity index (χ3v) is 3.80. The molecule has 1 nitrogen and oxygen atoms in total. The molecule has 0 aliphatic heterocycles. The molecule has 0 aliphatic carbocycles. The third-order valence-electron chi connectivity index (χ3n) is 3.80. The van der Waals surface area contributed by atoms with Crippen molar-refractivity contribution in [2.45, 2.75) is 33.1 Å². The fourth-order valence-corrected chi connectivity index (χ4v) is 2.25. The summed E-state index contributed by atoms with van der Waals surface area (Å²) in [6.45, 7) is 6.52. The van der Waals surface area contributed by atoms with Gasteiger partial charge in [-0.25, -0.2) is 0 Å². The van der Waals surface area contributed by atoms with Gasteiger partial charge in [0, 0.05) is 5.56 Å². The van der Waals surface area contributed by atoms with E-state index in [4.69, 9.17) is 0 Å². The second-order valence-corrected chi connectivity index (χ2v) is 5.12. The lowest BCUT2D eigenvalue weighted by atomic mass is 9.94. The summed E-state index contributed by atoms with van der Waals surface area (Å²) in [6.07, 6.45) is 2.05. The minimum Gasteiger partial charge on any atom is -0.298 e. The third kappa shape index (κ3) is 2.93. The van der Waals surface area contributed by atoms with Gasteiger partial charge in [-0.15, -0.1) is 0 Å². The number of aryl methyl sites for hydroxylation is 1. The van der Waals surface area contributed by atoms with Crippen LogP contribution in [0.15, 0.2) is 42.5 Å². The molecule has 0 bridgehead atoms. The second kappa shape index (κ2) is 5.83. The normalized spacial score (nSPS) is 12.2. The SMILES string of the molecule is CCC(C)c1ccc(-c2cc(C=O)ccc2C)cc1. The first-order valence-corrected chi connectivity index (χ1v) is 6.82. The van der Waals surface area contributed by atoms with Crippen molar-refractivity contribution in [3.63, 3.8) is 0 Å². The Morgan fingerprint density at radius 2 is 1.79 bits per heavy atom. The summed E-state index contributed by atoms with van der Waals surface area (Å²) in [5, 5.41) is 0. The van der Waals surface area contributed by atoms with Crippen LogP contribution in [0.2, 0.25) is 0 Å². The van der Waals surface area contributed by atoms with Crippen molar-refractivity contribution in [3.05, 3.63) is 59.2 Å². The van der Waals surface area contributed by atoms with Crippen LogP contribution in [0.25, 0.3) is 11.1 Å². The average molecular weight is 252 g/mol. The molecule has 98 valence electrons. The molecule has 2 aromatic carbocycles. The van der Waals surface area contributed by atoms with Crippen molar-refractivity contribution in [2.24, 2.45) is 0 Å². The Morgan fingerprint density at radius 3 is 2.37 bits per heavy atom. The Balaban J connectivity index is 2.39. The van der Waals surface area contributed by atoms with Crippen molar-refractivity contribution in [1.82, 2.24) is 0 Å². The summed E-state index contributed by atoms with van der Waals surface area (Å²) in [5.41, 5.74) is 5.61. The number of carbonyl (C=O) groups is 1. The Morgan fingerprint density at radius 1 is 1.11 bits per heavy atom. The van der Waals surface area contributed by atoms with E-state index in [1.807, 2.05) is 18.2 Å². The molecule has 2 rings (SSSR count). The first-order valence-electron chi connectivity index (χ1n) is 6.82. The predicted molar refractivity (Wildman–Crippen MR) is 80.7 cm³/mol. The van der Waals surface area contributed by atoms with Crippen molar-refractivity contribution < 1.29 is 4.79 Å². The van der Waals surface area contributed by atoms with Gasteiger partial charge >= 0.3 is 0 Å². The van der Waals surface area contributed by atoms with Gasteiger partial charge in [0.05, 0.1) is 0 Å². The van der Waals surface area contributed by atoms with E-state index in [-0.39, 0.29) is 0 Å². The molecule has 19 heavy (non-hydrogen) atoms. The highest BCUT2D eigenvalue weighted by molar-refractivity contribution is 5.80. The standard InChI is InChI=1S/C18H20O/c1-4-13(2)16-7-9-17(10-8-16)18-11-15(12-19)6-5-14(18)3/h5-13H,4H2,1-3H3. The highest BCUT2D eigenvalue weighted by atomic mass is 16.1. The quantitative estimate of drug-likeness (QED) is 0.701. The molecule has 1 atom stereocenters. The van der Waals surface area contributed by atoms with Crippen LogP contribution in [0, 0.1) is 6.92 Å². The number of hydrogen-bond acceptors (Lipinski definition) is 1. The topological polar surface area (TPSA) is 17.1 Å². The Bertz CT molecular complexity index is 567. The number of hydrogen-bond donors (Lipinski definition) is 0. The van der Waals surface area contributed by atoms with Gasteiger partial charge in [-0.05, 0) is 47.6 Å². The zero-order valence-electron chi connectivity index (χ0n) is 11.8. The second-order valence-electron chi connectivity index (χ2n) is 5.12. The lowest BCUT2D eigenvalue weighted by Crippen LogP contribution is -1.92. The zero-order chi connectivity index (χ0) is 13.8. The van der Waals surface area contributed by atoms with E-state index in [1.54, 1.807) is 0 Å². The van der Waals surface area contributed by atoms with E-state index < -0.39 is 0 Å². The maximum Gasteiger partial charge on any atom is 0.150 e. The van der Waals surface area contributed by atoms with Gasteiger partial charge in [-0.1, -0.05) is 50.2 Å². The summed E-state index contributed by atoms with van der Waals surface area (Å²) in [6, 6.07) is 14.5. The zero-order valence-corrected chi connectivity index (χ0v) is 11.8. The van der Waals surface area contributed by atoms with Crippen LogP contribution in [0.4, 0.5) is 0 Å². The molecule has 2 aromatic rings. The molecular formula is C18H20O. The fraction of sp³-hybridized carbons (Fsp3) is 0.278. The number of carbonyl (C=O) groups excluding carboxylic acids is 1. The van der Waals surface area contributed by atoms with Gasteiger partial charge in [0.2, 0.25) is 0 Å². The maximum atomic E-state index is 10.9. The largest absolute Gasteiger partial charge is 0.298 e. The molecule has 1 unspecified atom stereocenters. The number of rotatable bonds is 4. The fourth-order valence-electron chi connectivity index (χ4n) is 2.25. The summed E-state index contributed by atoms with van der Waals surface area (Å²) >= 11 is 0. The average Bonchev–Trinajstić information content (AvgIpc) is 2.47. The highest BCUT2D eigenvalue weighted by Crippen LogP contribution is 2.27. The summed E-state index contributed by atoms with van der Waals surface area (Å²) in [4.78, 5) is 10.9. The van der Waals surface area contributed by atoms with Gasteiger partial charge in [0.1, 0.15) is 6.29 Å². The van der Waals surface area contributed by atoms with Crippen LogP contribution >= 0.6 is 0 Å². The molecule has 0 radical (unpaired) electrons. The molecule has 0 saturated heterocycles. The van der Waals surface area contributed by atoms with Crippen LogP contribution in [0.3, 0.4) is 0 Å². The molecule has 0 aliphatic rings. The molecule has 0 aromatic heterocycles. The van der Waals surface area contributed by atoms with Crippen LogP contribution < -0.4 is 0 Å². The van der Waals surface area contributed by atoms with Crippen LogP contribution in [-0.4, -0.2) is 6.29 Å². The van der Waals surface area contributed by atoms with E-state index in [2.05, 4.69) is 45.0 Å². The minimum absolute atomic E-state index is 0.594. The molecule has 0 amide bonds. The van der Waals surface area contributed by atoms with Crippen molar-refractivity contribution in [2.75, 3.05) is 0 Å². The van der Waals surface area contributed by atoms with Crippen molar-refractivity contribution >= 4 is 6.29 Å². The van der Waals surface area contributed by atoms with Gasteiger partial charge < -0.3 is 0 Å². The monoisotopic (exact) mass is 252 g/mol. The van der Waals surface area contributed by atoms with Gasteiger partial charge in [-0.2, -0.15) is 0 Å². The molecule has 0 heterocycles. The predicted octanol–water partition coefficient (Wildman–Crippen LogP) is 4.99. The number of benzene rings is 2. The van der Waals surface area contributed by atoms with Gasteiger partial charge in [-0.3, -0.25) is 4.79 Å². The molecule has 0 N–H and O–H groups in total. The Labute approximate surface area is 115 Å². The highest BCUT2D eigenvalue weighted by Gasteiger charge is 2.06. The van der Waals surface area contributed by atoms with E-state index in [9.17, 15) is 4.79 Å². The van der Waals surface area contributed by atoms with E-state index in [1.165, 1.54) is 16.7 Å². The van der Waals surface area contributed by atoms with E-state index >= 15 is 0 Å². The molecule has 0 saturated carbocycles. The Kier molecular flexibility index (Phi) is 4.16.